The predicted molar refractivity (Wildman–Crippen MR) is 84.2 cm³/mol. The summed E-state index contributed by atoms with van der Waals surface area (Å²) in [6.45, 7) is 1.84. The Labute approximate surface area is 143 Å². The SMILES string of the molecule is Cc1nc(C2(NC(=O)c3cc(Cl)c4c(c3)OCO4)CCCC2)no1. The fraction of sp³-hybridized carbons (Fsp3) is 0.438. The van der Waals surface area contributed by atoms with Gasteiger partial charge >= 0.3 is 0 Å². The lowest BCUT2D eigenvalue weighted by Gasteiger charge is -2.26. The number of carbonyl (C=O) groups excluding carboxylic acids is 1. The number of aryl methyl sites for hydroxylation is 1. The Morgan fingerprint density at radius 3 is 2.79 bits per heavy atom. The number of fused-ring (bicyclic) bond motifs is 1. The second kappa shape index (κ2) is 5.66. The molecule has 7 nitrogen and oxygen atoms in total. The van der Waals surface area contributed by atoms with Gasteiger partial charge in [-0.1, -0.05) is 29.6 Å². The van der Waals surface area contributed by atoms with Crippen molar-refractivity contribution in [1.29, 1.82) is 0 Å². The van der Waals surface area contributed by atoms with Gasteiger partial charge in [0.15, 0.2) is 17.3 Å². The molecule has 1 N–H and O–H groups in total. The normalized spacial score (nSPS) is 17.9. The lowest BCUT2D eigenvalue weighted by molar-refractivity contribution is 0.0891. The molecular weight excluding hydrogens is 334 g/mol. The standard InChI is InChI=1S/C16H16ClN3O4/c1-9-18-15(20-24-9)16(4-2-3-5-16)19-14(21)10-6-11(17)13-12(7-10)22-8-23-13/h6-7H,2-5,8H2,1H3,(H,19,21). The van der Waals surface area contributed by atoms with Crippen molar-refractivity contribution < 1.29 is 18.8 Å². The van der Waals surface area contributed by atoms with E-state index in [0.717, 1.165) is 25.7 Å². The van der Waals surface area contributed by atoms with Crippen molar-refractivity contribution in [3.63, 3.8) is 0 Å². The van der Waals surface area contributed by atoms with Crippen LogP contribution in [0.15, 0.2) is 16.7 Å². The molecule has 1 aliphatic heterocycles. The van der Waals surface area contributed by atoms with Crippen LogP contribution in [0.25, 0.3) is 0 Å². The number of hydrogen-bond acceptors (Lipinski definition) is 6. The van der Waals surface area contributed by atoms with Crippen LogP contribution in [0.2, 0.25) is 5.02 Å². The van der Waals surface area contributed by atoms with Gasteiger partial charge in [-0.3, -0.25) is 4.79 Å². The first kappa shape index (κ1) is 15.3. The summed E-state index contributed by atoms with van der Waals surface area (Å²) >= 11 is 6.17. The van der Waals surface area contributed by atoms with Crippen LogP contribution < -0.4 is 14.8 Å². The fourth-order valence-electron chi connectivity index (χ4n) is 3.26. The molecule has 2 heterocycles. The van der Waals surface area contributed by atoms with Crippen LogP contribution in [-0.4, -0.2) is 22.8 Å². The van der Waals surface area contributed by atoms with Crippen LogP contribution in [0.3, 0.4) is 0 Å². The van der Waals surface area contributed by atoms with Crippen LogP contribution in [0.1, 0.15) is 47.8 Å². The Morgan fingerprint density at radius 1 is 1.29 bits per heavy atom. The number of carbonyl (C=O) groups is 1. The van der Waals surface area contributed by atoms with Gasteiger partial charge in [-0.25, -0.2) is 0 Å². The summed E-state index contributed by atoms with van der Waals surface area (Å²) in [4.78, 5) is 17.1. The van der Waals surface area contributed by atoms with Crippen LogP contribution >= 0.6 is 11.6 Å². The van der Waals surface area contributed by atoms with Crippen molar-refractivity contribution in [2.75, 3.05) is 6.79 Å². The molecule has 8 heteroatoms. The van der Waals surface area contributed by atoms with Gasteiger partial charge in [-0.15, -0.1) is 0 Å². The number of rotatable bonds is 3. The molecule has 24 heavy (non-hydrogen) atoms. The van der Waals surface area contributed by atoms with Crippen molar-refractivity contribution in [3.05, 3.63) is 34.4 Å². The number of ether oxygens (including phenoxy) is 2. The summed E-state index contributed by atoms with van der Waals surface area (Å²) in [7, 11) is 0. The molecule has 1 aliphatic carbocycles. The average molecular weight is 350 g/mol. The largest absolute Gasteiger partial charge is 0.454 e. The molecule has 0 bridgehead atoms. The molecule has 1 fully saturated rings. The third-order valence-corrected chi connectivity index (χ3v) is 4.74. The monoisotopic (exact) mass is 349 g/mol. The Hall–Kier alpha value is -2.28. The lowest BCUT2D eigenvalue weighted by Crippen LogP contribution is -2.44. The zero-order valence-corrected chi connectivity index (χ0v) is 13.9. The topological polar surface area (TPSA) is 86.5 Å². The molecule has 0 spiro atoms. The summed E-state index contributed by atoms with van der Waals surface area (Å²) < 4.78 is 15.7. The number of nitrogens with zero attached hydrogens (tertiary/aromatic N) is 2. The van der Waals surface area contributed by atoms with Crippen LogP contribution in [-0.2, 0) is 5.54 Å². The second-order valence-electron chi connectivity index (χ2n) is 6.07. The lowest BCUT2D eigenvalue weighted by atomic mass is 9.96. The van der Waals surface area contributed by atoms with Gasteiger partial charge in [0.25, 0.3) is 5.91 Å². The number of aromatic nitrogens is 2. The summed E-state index contributed by atoms with van der Waals surface area (Å²) in [6, 6.07) is 3.21. The highest BCUT2D eigenvalue weighted by Crippen LogP contribution is 2.41. The molecular formula is C16H16ClN3O4. The number of halogens is 1. The van der Waals surface area contributed by atoms with E-state index in [0.29, 0.717) is 33.8 Å². The molecule has 126 valence electrons. The van der Waals surface area contributed by atoms with Crippen LogP contribution in [0, 0.1) is 6.92 Å². The summed E-state index contributed by atoms with van der Waals surface area (Å²) in [5.41, 5.74) is -0.187. The van der Waals surface area contributed by atoms with Gasteiger partial charge in [0.05, 0.1) is 5.02 Å². The third kappa shape index (κ3) is 2.49. The maximum absolute atomic E-state index is 12.8. The van der Waals surface area contributed by atoms with E-state index in [1.807, 2.05) is 0 Å². The number of amides is 1. The minimum Gasteiger partial charge on any atom is -0.454 e. The van der Waals surface area contributed by atoms with Gasteiger partial charge in [-0.2, -0.15) is 4.98 Å². The summed E-state index contributed by atoms with van der Waals surface area (Å²) in [5.74, 6) is 1.70. The Bertz CT molecular complexity index is 799. The Balaban J connectivity index is 1.64. The van der Waals surface area contributed by atoms with E-state index in [1.54, 1.807) is 19.1 Å². The van der Waals surface area contributed by atoms with E-state index in [2.05, 4.69) is 15.5 Å². The minimum atomic E-state index is -0.600. The molecule has 4 rings (SSSR count). The van der Waals surface area contributed by atoms with Gasteiger partial charge < -0.3 is 19.3 Å². The van der Waals surface area contributed by atoms with Gasteiger partial charge in [0.2, 0.25) is 12.7 Å². The molecule has 0 atom stereocenters. The predicted octanol–water partition coefficient (Wildman–Crippen LogP) is 2.96. The molecule has 0 saturated heterocycles. The maximum atomic E-state index is 12.8. The summed E-state index contributed by atoms with van der Waals surface area (Å²) in [6.07, 6.45) is 3.54. The van der Waals surface area contributed by atoms with Crippen molar-refractivity contribution in [2.45, 2.75) is 38.1 Å². The molecule has 2 aliphatic rings. The van der Waals surface area contributed by atoms with Gasteiger partial charge in [-0.05, 0) is 25.0 Å². The van der Waals surface area contributed by atoms with Gasteiger partial charge in [0.1, 0.15) is 5.54 Å². The number of nitrogens with one attached hydrogen (secondary N) is 1. The van der Waals surface area contributed by atoms with E-state index in [4.69, 9.17) is 25.6 Å². The Morgan fingerprint density at radius 2 is 2.08 bits per heavy atom. The van der Waals surface area contributed by atoms with Crippen molar-refractivity contribution in [2.24, 2.45) is 0 Å². The first-order valence-corrected chi connectivity index (χ1v) is 8.18. The molecule has 1 amide bonds. The molecule has 1 aromatic carbocycles. The van der Waals surface area contributed by atoms with Crippen molar-refractivity contribution in [3.8, 4) is 11.5 Å². The first-order valence-electron chi connectivity index (χ1n) is 7.80. The maximum Gasteiger partial charge on any atom is 0.252 e. The average Bonchev–Trinajstić information content (AvgIpc) is 3.27. The third-order valence-electron chi connectivity index (χ3n) is 4.45. The highest BCUT2D eigenvalue weighted by Gasteiger charge is 2.41. The zero-order chi connectivity index (χ0) is 16.7. The molecule has 0 radical (unpaired) electrons. The highest BCUT2D eigenvalue weighted by atomic mass is 35.5. The van der Waals surface area contributed by atoms with E-state index in [1.165, 1.54) is 0 Å². The minimum absolute atomic E-state index is 0.103. The first-order chi connectivity index (χ1) is 11.6. The van der Waals surface area contributed by atoms with E-state index < -0.39 is 5.54 Å². The number of hydrogen-bond donors (Lipinski definition) is 1. The highest BCUT2D eigenvalue weighted by molar-refractivity contribution is 6.32. The Kier molecular flexibility index (Phi) is 3.60. The van der Waals surface area contributed by atoms with Crippen molar-refractivity contribution >= 4 is 17.5 Å². The van der Waals surface area contributed by atoms with E-state index in [9.17, 15) is 4.79 Å². The van der Waals surface area contributed by atoms with Crippen LogP contribution in [0.4, 0.5) is 0 Å². The van der Waals surface area contributed by atoms with E-state index >= 15 is 0 Å². The molecule has 1 saturated carbocycles. The van der Waals surface area contributed by atoms with Crippen molar-refractivity contribution in [1.82, 2.24) is 15.5 Å². The second-order valence-corrected chi connectivity index (χ2v) is 6.48. The molecule has 2 aromatic rings. The van der Waals surface area contributed by atoms with Crippen LogP contribution in [0.5, 0.6) is 11.5 Å². The van der Waals surface area contributed by atoms with E-state index in [-0.39, 0.29) is 12.7 Å². The molecule has 0 unspecified atom stereocenters. The number of benzene rings is 1. The quantitative estimate of drug-likeness (QED) is 0.916. The smallest absolute Gasteiger partial charge is 0.252 e. The zero-order valence-electron chi connectivity index (χ0n) is 13.1. The van der Waals surface area contributed by atoms with Gasteiger partial charge in [0, 0.05) is 12.5 Å². The summed E-state index contributed by atoms with van der Waals surface area (Å²) in [5, 5.41) is 7.45. The molecule has 1 aromatic heterocycles. The fourth-order valence-corrected chi connectivity index (χ4v) is 3.53.